The molecule has 5 heteroatoms. The Kier molecular flexibility index (Phi) is 7.15. The highest BCUT2D eigenvalue weighted by Gasteiger charge is 2.16. The first-order valence-electron chi connectivity index (χ1n) is 10.4. The van der Waals surface area contributed by atoms with Crippen molar-refractivity contribution < 1.29 is 14.3 Å². The highest BCUT2D eigenvalue weighted by Crippen LogP contribution is 2.27. The van der Waals surface area contributed by atoms with Crippen LogP contribution in [-0.2, 0) is 14.9 Å². The number of hydrogen-bond donors (Lipinski definition) is 1. The van der Waals surface area contributed by atoms with Gasteiger partial charge in [-0.2, -0.15) is 0 Å². The summed E-state index contributed by atoms with van der Waals surface area (Å²) in [6, 6.07) is 16.2. The predicted octanol–water partition coefficient (Wildman–Crippen LogP) is 4.62. The lowest BCUT2D eigenvalue weighted by Gasteiger charge is -2.30. The van der Waals surface area contributed by atoms with Gasteiger partial charge in [0.2, 0.25) is 5.91 Å². The van der Waals surface area contributed by atoms with Crippen molar-refractivity contribution in [3.63, 3.8) is 0 Å². The number of nitrogens with one attached hydrogen (secondary N) is 1. The predicted molar refractivity (Wildman–Crippen MR) is 118 cm³/mol. The van der Waals surface area contributed by atoms with E-state index in [1.54, 1.807) is 0 Å². The van der Waals surface area contributed by atoms with E-state index in [4.69, 9.17) is 9.47 Å². The van der Waals surface area contributed by atoms with Crippen molar-refractivity contribution in [1.29, 1.82) is 0 Å². The van der Waals surface area contributed by atoms with Crippen molar-refractivity contribution in [2.24, 2.45) is 0 Å². The second kappa shape index (κ2) is 9.79. The van der Waals surface area contributed by atoms with Gasteiger partial charge in [0.1, 0.15) is 5.75 Å². The van der Waals surface area contributed by atoms with Crippen molar-refractivity contribution >= 4 is 17.3 Å². The van der Waals surface area contributed by atoms with E-state index in [1.807, 2.05) is 36.4 Å². The number of ether oxygens (including phenoxy) is 2. The number of benzene rings is 2. The smallest absolute Gasteiger partial charge is 0.224 e. The summed E-state index contributed by atoms with van der Waals surface area (Å²) in [5.74, 6) is 0.855. The minimum Gasteiger partial charge on any atom is -0.494 e. The summed E-state index contributed by atoms with van der Waals surface area (Å²) in [6.07, 6.45) is 1.10. The zero-order valence-electron chi connectivity index (χ0n) is 17.7. The number of carbonyl (C=O) groups is 1. The molecular formula is C24H32N2O3. The molecule has 29 heavy (non-hydrogen) atoms. The van der Waals surface area contributed by atoms with Crippen LogP contribution in [0.25, 0.3) is 0 Å². The molecule has 0 saturated carbocycles. The number of nitrogens with zero attached hydrogens (tertiary/aromatic N) is 1. The van der Waals surface area contributed by atoms with Crippen LogP contribution in [0.15, 0.2) is 48.5 Å². The third-order valence-corrected chi connectivity index (χ3v) is 5.07. The van der Waals surface area contributed by atoms with Gasteiger partial charge in [-0.1, -0.05) is 45.0 Å². The molecule has 5 nitrogen and oxygen atoms in total. The lowest BCUT2D eigenvalue weighted by molar-refractivity contribution is -0.116. The molecule has 3 rings (SSSR count). The Hall–Kier alpha value is -2.53. The van der Waals surface area contributed by atoms with Crippen molar-refractivity contribution in [2.45, 2.75) is 39.0 Å². The second-order valence-corrected chi connectivity index (χ2v) is 8.39. The van der Waals surface area contributed by atoms with Crippen LogP contribution in [0.2, 0.25) is 0 Å². The minimum atomic E-state index is 0.0115. The molecule has 0 unspecified atom stereocenters. The van der Waals surface area contributed by atoms with E-state index in [-0.39, 0.29) is 11.3 Å². The van der Waals surface area contributed by atoms with Crippen LogP contribution in [0, 0.1) is 0 Å². The molecule has 0 atom stereocenters. The number of hydrogen-bond acceptors (Lipinski definition) is 4. The van der Waals surface area contributed by atoms with E-state index in [0.717, 1.165) is 43.4 Å². The largest absolute Gasteiger partial charge is 0.494 e. The lowest BCUT2D eigenvalue weighted by atomic mass is 9.87. The maximum atomic E-state index is 12.4. The van der Waals surface area contributed by atoms with Gasteiger partial charge in [0.25, 0.3) is 0 Å². The Morgan fingerprint density at radius 2 is 1.76 bits per heavy atom. The van der Waals surface area contributed by atoms with E-state index in [0.29, 0.717) is 19.4 Å². The molecule has 1 heterocycles. The van der Waals surface area contributed by atoms with Crippen molar-refractivity contribution in [1.82, 2.24) is 0 Å². The molecular weight excluding hydrogens is 364 g/mol. The number of morpholine rings is 1. The molecule has 1 saturated heterocycles. The Morgan fingerprint density at radius 3 is 2.45 bits per heavy atom. The number of rotatable bonds is 7. The fraction of sp³-hybridized carbons (Fsp3) is 0.458. The average molecular weight is 397 g/mol. The van der Waals surface area contributed by atoms with Crippen LogP contribution in [0.1, 0.15) is 39.2 Å². The van der Waals surface area contributed by atoms with Crippen LogP contribution >= 0.6 is 0 Å². The number of para-hydroxylation sites is 2. The third-order valence-electron chi connectivity index (χ3n) is 5.07. The normalized spacial score (nSPS) is 14.5. The summed E-state index contributed by atoms with van der Waals surface area (Å²) in [7, 11) is 0. The molecule has 0 aliphatic carbocycles. The lowest BCUT2D eigenvalue weighted by Crippen LogP contribution is -2.36. The molecule has 2 aromatic rings. The monoisotopic (exact) mass is 396 g/mol. The van der Waals surface area contributed by atoms with Gasteiger partial charge in [0.05, 0.1) is 31.2 Å². The molecule has 2 aromatic carbocycles. The van der Waals surface area contributed by atoms with Gasteiger partial charge in [0.15, 0.2) is 0 Å². The second-order valence-electron chi connectivity index (χ2n) is 8.39. The minimum absolute atomic E-state index is 0.0115. The van der Waals surface area contributed by atoms with Crippen LogP contribution in [0.5, 0.6) is 5.75 Å². The molecule has 0 aromatic heterocycles. The van der Waals surface area contributed by atoms with Gasteiger partial charge < -0.3 is 19.7 Å². The molecule has 0 bridgehead atoms. The van der Waals surface area contributed by atoms with E-state index in [1.165, 1.54) is 5.56 Å². The Balaban J connectivity index is 1.45. The highest BCUT2D eigenvalue weighted by atomic mass is 16.5. The summed E-state index contributed by atoms with van der Waals surface area (Å²) in [4.78, 5) is 14.7. The molecule has 1 fully saturated rings. The van der Waals surface area contributed by atoms with Crippen LogP contribution < -0.4 is 15.0 Å². The first-order chi connectivity index (χ1) is 13.9. The maximum Gasteiger partial charge on any atom is 0.224 e. The summed E-state index contributed by atoms with van der Waals surface area (Å²) >= 11 is 0. The number of carbonyl (C=O) groups excluding carboxylic acids is 1. The fourth-order valence-electron chi connectivity index (χ4n) is 3.35. The highest BCUT2D eigenvalue weighted by molar-refractivity contribution is 5.94. The van der Waals surface area contributed by atoms with Crippen molar-refractivity contribution in [3.05, 3.63) is 54.1 Å². The average Bonchev–Trinajstić information content (AvgIpc) is 2.72. The first kappa shape index (κ1) is 21.2. The van der Waals surface area contributed by atoms with Crippen LogP contribution in [0.3, 0.4) is 0 Å². The Morgan fingerprint density at radius 1 is 1.07 bits per heavy atom. The third kappa shape index (κ3) is 6.23. The molecule has 0 spiro atoms. The van der Waals surface area contributed by atoms with Gasteiger partial charge >= 0.3 is 0 Å². The van der Waals surface area contributed by atoms with Gasteiger partial charge in [-0.15, -0.1) is 0 Å². The first-order valence-corrected chi connectivity index (χ1v) is 10.4. The summed E-state index contributed by atoms with van der Waals surface area (Å²) in [5.41, 5.74) is 3.33. The Labute approximate surface area is 174 Å². The van der Waals surface area contributed by atoms with Gasteiger partial charge in [-0.3, -0.25) is 4.79 Å². The molecule has 1 amide bonds. The fourth-order valence-corrected chi connectivity index (χ4v) is 3.35. The standard InChI is InChI=1S/C24H32N2O3/c1-24(2,3)19-10-12-20(13-11-19)29-16-6-9-23(27)25-21-7-4-5-8-22(21)26-14-17-28-18-15-26/h4-5,7-8,10-13H,6,9,14-18H2,1-3H3,(H,25,27). The van der Waals surface area contributed by atoms with Crippen molar-refractivity contribution in [3.8, 4) is 5.75 Å². The van der Waals surface area contributed by atoms with E-state index in [2.05, 4.69) is 43.1 Å². The Bertz CT molecular complexity index is 791. The summed E-state index contributed by atoms with van der Waals surface area (Å²) in [6.45, 7) is 10.2. The van der Waals surface area contributed by atoms with E-state index < -0.39 is 0 Å². The zero-order chi connectivity index (χ0) is 20.7. The van der Waals surface area contributed by atoms with Gasteiger partial charge in [-0.25, -0.2) is 0 Å². The molecule has 1 aliphatic rings. The molecule has 156 valence electrons. The zero-order valence-corrected chi connectivity index (χ0v) is 17.7. The van der Waals surface area contributed by atoms with Crippen LogP contribution in [0.4, 0.5) is 11.4 Å². The number of anilines is 2. The molecule has 1 N–H and O–H groups in total. The van der Waals surface area contributed by atoms with E-state index in [9.17, 15) is 4.79 Å². The maximum absolute atomic E-state index is 12.4. The van der Waals surface area contributed by atoms with Gasteiger partial charge in [0, 0.05) is 19.5 Å². The van der Waals surface area contributed by atoms with Crippen LogP contribution in [-0.4, -0.2) is 38.8 Å². The van der Waals surface area contributed by atoms with E-state index >= 15 is 0 Å². The van der Waals surface area contributed by atoms with Crippen molar-refractivity contribution in [2.75, 3.05) is 43.1 Å². The number of amides is 1. The topological polar surface area (TPSA) is 50.8 Å². The summed E-state index contributed by atoms with van der Waals surface area (Å²) < 4.78 is 11.2. The van der Waals surface area contributed by atoms with Gasteiger partial charge in [-0.05, 0) is 41.7 Å². The summed E-state index contributed by atoms with van der Waals surface area (Å²) in [5, 5.41) is 3.05. The SMILES string of the molecule is CC(C)(C)c1ccc(OCCCC(=O)Nc2ccccc2N2CCOCC2)cc1. The quantitative estimate of drug-likeness (QED) is 0.694. The molecule has 0 radical (unpaired) electrons. The molecule has 1 aliphatic heterocycles.